The zero-order valence-corrected chi connectivity index (χ0v) is 20.7. The molecule has 1 aliphatic heterocycles. The number of halogens is 4. The molecule has 3 atom stereocenters. The van der Waals surface area contributed by atoms with Crippen molar-refractivity contribution in [1.82, 2.24) is 5.32 Å². The second-order valence-corrected chi connectivity index (χ2v) is 8.93. The van der Waals surface area contributed by atoms with E-state index in [1.54, 1.807) is 54.6 Å². The van der Waals surface area contributed by atoms with Gasteiger partial charge in [-0.05, 0) is 6.07 Å². The molecular formula is C28H24F4N4O3. The number of benzodiazepines with no additional fused rings is 1. The van der Waals surface area contributed by atoms with E-state index in [0.29, 0.717) is 22.5 Å². The largest absolute Gasteiger partial charge is 0.434 e. The van der Waals surface area contributed by atoms with Crippen LogP contribution in [0.3, 0.4) is 0 Å². The monoisotopic (exact) mass is 540 g/mol. The Morgan fingerprint density at radius 2 is 1.51 bits per heavy atom. The van der Waals surface area contributed by atoms with E-state index in [0.717, 1.165) is 24.3 Å². The second kappa shape index (κ2) is 10.8. The van der Waals surface area contributed by atoms with Gasteiger partial charge in [-0.15, -0.1) is 0 Å². The molecule has 1 aliphatic rings. The molecule has 2 amide bonds. The highest BCUT2D eigenvalue weighted by Gasteiger charge is 2.62. The third-order valence-corrected chi connectivity index (χ3v) is 6.36. The van der Waals surface area contributed by atoms with Crippen molar-refractivity contribution >= 4 is 29.0 Å². The predicted molar refractivity (Wildman–Crippen MR) is 137 cm³/mol. The van der Waals surface area contributed by atoms with Crippen LogP contribution in [0, 0.1) is 0 Å². The number of rotatable bonds is 7. The summed E-state index contributed by atoms with van der Waals surface area (Å²) in [5, 5.41) is 2.31. The van der Waals surface area contributed by atoms with Crippen molar-refractivity contribution in [2.24, 2.45) is 10.7 Å². The predicted octanol–water partition coefficient (Wildman–Crippen LogP) is 3.66. The van der Waals surface area contributed by atoms with Crippen LogP contribution in [0.2, 0.25) is 0 Å². The van der Waals surface area contributed by atoms with Gasteiger partial charge in [0.1, 0.15) is 0 Å². The van der Waals surface area contributed by atoms with E-state index in [4.69, 9.17) is 5.73 Å². The van der Waals surface area contributed by atoms with E-state index in [1.807, 2.05) is 0 Å². The third kappa shape index (κ3) is 5.30. The van der Waals surface area contributed by atoms with Crippen LogP contribution >= 0.6 is 0 Å². The molecule has 0 radical (unpaired) electrons. The number of nitrogens with one attached hydrogen (secondary N) is 1. The van der Waals surface area contributed by atoms with Gasteiger partial charge >= 0.3 is 6.18 Å². The van der Waals surface area contributed by atoms with E-state index in [1.165, 1.54) is 18.0 Å². The van der Waals surface area contributed by atoms with Crippen molar-refractivity contribution in [2.75, 3.05) is 11.9 Å². The Morgan fingerprint density at radius 1 is 0.949 bits per heavy atom. The summed E-state index contributed by atoms with van der Waals surface area (Å²) in [7, 11) is 1.48. The molecule has 0 aromatic heterocycles. The number of likely N-dealkylation sites (N-methyl/N-ethyl adjacent to an activating group) is 1. The van der Waals surface area contributed by atoms with Gasteiger partial charge in [0.15, 0.2) is 5.78 Å². The summed E-state index contributed by atoms with van der Waals surface area (Å²) in [5.41, 5.74) is 2.60. The van der Waals surface area contributed by atoms with Crippen LogP contribution in [-0.2, 0) is 20.1 Å². The fourth-order valence-electron chi connectivity index (χ4n) is 4.27. The number of fused-ring (bicyclic) bond motifs is 1. The van der Waals surface area contributed by atoms with Gasteiger partial charge in [0.05, 0.1) is 17.4 Å². The molecule has 7 nitrogen and oxygen atoms in total. The molecule has 4 rings (SSSR count). The maximum atomic E-state index is 15.3. The first-order valence-corrected chi connectivity index (χ1v) is 11.9. The summed E-state index contributed by atoms with van der Waals surface area (Å²) in [6.07, 6.45) is -8.39. The van der Waals surface area contributed by atoms with Gasteiger partial charge in [-0.3, -0.25) is 14.4 Å². The first-order valence-electron chi connectivity index (χ1n) is 11.9. The maximum Gasteiger partial charge on any atom is 0.434 e. The number of anilines is 1. The Hall–Kier alpha value is -4.38. The van der Waals surface area contributed by atoms with Gasteiger partial charge < -0.3 is 16.0 Å². The minimum absolute atomic E-state index is 0.378. The number of ketones is 1. The van der Waals surface area contributed by atoms with E-state index < -0.39 is 53.6 Å². The maximum absolute atomic E-state index is 15.3. The van der Waals surface area contributed by atoms with Crippen LogP contribution < -0.4 is 16.0 Å². The summed E-state index contributed by atoms with van der Waals surface area (Å²) in [6, 6.07) is 19.2. The van der Waals surface area contributed by atoms with Gasteiger partial charge in [-0.25, -0.2) is 9.38 Å². The van der Waals surface area contributed by atoms with Crippen molar-refractivity contribution in [1.29, 1.82) is 0 Å². The van der Waals surface area contributed by atoms with Crippen molar-refractivity contribution in [2.45, 2.75) is 30.5 Å². The molecule has 202 valence electrons. The summed E-state index contributed by atoms with van der Waals surface area (Å²) in [6.45, 7) is 0. The normalized spacial score (nSPS) is 17.8. The number of hydrogen-bond donors (Lipinski definition) is 2. The van der Waals surface area contributed by atoms with Gasteiger partial charge in [0.25, 0.3) is 11.6 Å². The number of nitrogens with two attached hydrogens (primary N) is 1. The Morgan fingerprint density at radius 3 is 2.13 bits per heavy atom. The van der Waals surface area contributed by atoms with Gasteiger partial charge in [-0.1, -0.05) is 78.9 Å². The number of alkyl halides is 4. The van der Waals surface area contributed by atoms with Crippen LogP contribution in [0.25, 0.3) is 0 Å². The molecule has 3 aromatic carbocycles. The standard InChI is InChI=1S/C28H24F4N4O3/c1-36-21-15-9-8-14-19(21)23(17-10-4-2-5-11-17)34-24(26(36)39)35-25(38)20(33)16-22(37)27(29,28(30,31)32)18-12-6-3-7-13-18/h2-15,20,24H,16,33H2,1H3,(H,35,38)/t20-,24+,27?/m0/s1. The second-order valence-electron chi connectivity index (χ2n) is 8.93. The number of nitrogens with zero attached hydrogens (tertiary/aromatic N) is 2. The Labute approximate surface area is 221 Å². The summed E-state index contributed by atoms with van der Waals surface area (Å²) in [5.74, 6) is -3.73. The molecule has 0 bridgehead atoms. The average Bonchev–Trinajstić information content (AvgIpc) is 3.03. The molecule has 0 saturated heterocycles. The summed E-state index contributed by atoms with van der Waals surface area (Å²) < 4.78 is 56.5. The van der Waals surface area contributed by atoms with E-state index in [-0.39, 0.29) is 0 Å². The first-order chi connectivity index (χ1) is 18.4. The first kappa shape index (κ1) is 27.6. The molecule has 3 aromatic rings. The molecule has 0 saturated carbocycles. The number of carbonyl (C=O) groups excluding carboxylic acids is 3. The minimum atomic E-state index is -5.59. The number of Topliss-reactive ketones (excluding diaryl/α,β-unsaturated/α-hetero) is 1. The van der Waals surface area contributed by atoms with Gasteiger partial charge in [0, 0.05) is 30.2 Å². The highest BCUT2D eigenvalue weighted by molar-refractivity contribution is 6.20. The summed E-state index contributed by atoms with van der Waals surface area (Å²) in [4.78, 5) is 44.5. The quantitative estimate of drug-likeness (QED) is 0.447. The van der Waals surface area contributed by atoms with Crippen LogP contribution in [0.5, 0.6) is 0 Å². The molecular weight excluding hydrogens is 516 g/mol. The number of hydrogen-bond acceptors (Lipinski definition) is 5. The number of carbonyl (C=O) groups is 3. The molecule has 3 N–H and O–H groups in total. The van der Waals surface area contributed by atoms with E-state index in [2.05, 4.69) is 10.3 Å². The topological polar surface area (TPSA) is 105 Å². The van der Waals surface area contributed by atoms with Crippen LogP contribution in [0.1, 0.15) is 23.1 Å². The number of benzene rings is 3. The lowest BCUT2D eigenvalue weighted by Crippen LogP contribution is -2.53. The van der Waals surface area contributed by atoms with Crippen molar-refractivity contribution in [3.8, 4) is 0 Å². The molecule has 0 aliphatic carbocycles. The Balaban J connectivity index is 1.61. The SMILES string of the molecule is CN1C(=O)[C@@H](NC(=O)[C@@H](N)CC(=O)C(F)(c2ccccc2)C(F)(F)F)N=C(c2ccccc2)c2ccccc21. The summed E-state index contributed by atoms with van der Waals surface area (Å²) >= 11 is 0. The lowest BCUT2D eigenvalue weighted by Gasteiger charge is -2.28. The Bertz CT molecular complexity index is 1410. The van der Waals surface area contributed by atoms with Crippen molar-refractivity contribution < 1.29 is 31.9 Å². The lowest BCUT2D eigenvalue weighted by atomic mass is 9.87. The highest BCUT2D eigenvalue weighted by Crippen LogP contribution is 2.44. The number of amides is 2. The minimum Gasteiger partial charge on any atom is -0.325 e. The molecule has 0 fully saturated rings. The number of aliphatic imine (C=N–C) groups is 1. The third-order valence-electron chi connectivity index (χ3n) is 6.36. The Kier molecular flexibility index (Phi) is 7.64. The average molecular weight is 541 g/mol. The van der Waals surface area contributed by atoms with E-state index >= 15 is 4.39 Å². The fraction of sp³-hybridized carbons (Fsp3) is 0.214. The van der Waals surface area contributed by atoms with Crippen LogP contribution in [0.15, 0.2) is 89.9 Å². The van der Waals surface area contributed by atoms with Crippen LogP contribution in [-0.4, -0.2) is 48.7 Å². The molecule has 11 heteroatoms. The van der Waals surface area contributed by atoms with E-state index in [9.17, 15) is 27.6 Å². The molecule has 1 heterocycles. The van der Waals surface area contributed by atoms with Crippen molar-refractivity contribution in [3.05, 3.63) is 102 Å². The van der Waals surface area contributed by atoms with Gasteiger partial charge in [-0.2, -0.15) is 13.2 Å². The lowest BCUT2D eigenvalue weighted by molar-refractivity contribution is -0.230. The smallest absolute Gasteiger partial charge is 0.325 e. The zero-order valence-electron chi connectivity index (χ0n) is 20.7. The van der Waals surface area contributed by atoms with Gasteiger partial charge in [0.2, 0.25) is 12.1 Å². The number of para-hydroxylation sites is 1. The highest BCUT2D eigenvalue weighted by atomic mass is 19.4. The molecule has 1 unspecified atom stereocenters. The van der Waals surface area contributed by atoms with Crippen LogP contribution in [0.4, 0.5) is 23.2 Å². The van der Waals surface area contributed by atoms with Crippen molar-refractivity contribution in [3.63, 3.8) is 0 Å². The molecule has 39 heavy (non-hydrogen) atoms. The zero-order chi connectivity index (χ0) is 28.4. The molecule has 0 spiro atoms. The fourth-order valence-corrected chi connectivity index (χ4v) is 4.27.